The van der Waals surface area contributed by atoms with Gasteiger partial charge in [-0.3, -0.25) is 14.7 Å². The lowest BCUT2D eigenvalue weighted by Gasteiger charge is -2.51. The van der Waals surface area contributed by atoms with Crippen LogP contribution in [0.4, 0.5) is 4.79 Å². The van der Waals surface area contributed by atoms with Crippen LogP contribution in [-0.2, 0) is 10.2 Å². The topological polar surface area (TPSA) is 66.0 Å². The third kappa shape index (κ3) is 5.14. The molecule has 3 aliphatic rings. The molecule has 1 aromatic carbocycles. The molecule has 0 saturated carbocycles. The van der Waals surface area contributed by atoms with E-state index < -0.39 is 5.60 Å². The summed E-state index contributed by atoms with van der Waals surface area (Å²) in [5.74, 6) is 0.435. The zero-order valence-electron chi connectivity index (χ0n) is 22.7. The lowest BCUT2D eigenvalue weighted by molar-refractivity contribution is -0.0133. The largest absolute Gasteiger partial charge is 0.444 e. The molecule has 37 heavy (non-hydrogen) atoms. The SMILES string of the molecule is Cc1ccnc(C)c1C(=O)N1C=C2CN(CCC3(c4ccccc4)CN(C(=O)OC(C)(C)C)C3)CC2C1. The van der Waals surface area contributed by atoms with E-state index >= 15 is 0 Å². The maximum absolute atomic E-state index is 13.2. The van der Waals surface area contributed by atoms with Crippen molar-refractivity contribution in [3.8, 4) is 0 Å². The van der Waals surface area contributed by atoms with E-state index in [1.807, 2.05) is 56.6 Å². The molecule has 3 aliphatic heterocycles. The Labute approximate surface area is 220 Å². The molecule has 2 amide bonds. The Morgan fingerprint density at radius 1 is 1.08 bits per heavy atom. The van der Waals surface area contributed by atoms with Crippen LogP contribution in [0.1, 0.15) is 54.4 Å². The minimum Gasteiger partial charge on any atom is -0.444 e. The number of likely N-dealkylation sites (tertiary alicyclic amines) is 2. The summed E-state index contributed by atoms with van der Waals surface area (Å²) < 4.78 is 5.61. The first-order valence-electron chi connectivity index (χ1n) is 13.2. The molecule has 0 spiro atoms. The summed E-state index contributed by atoms with van der Waals surface area (Å²) in [5, 5.41) is 0. The second-order valence-electron chi connectivity index (χ2n) is 11.9. The molecule has 0 bridgehead atoms. The van der Waals surface area contributed by atoms with Gasteiger partial charge in [0.25, 0.3) is 5.91 Å². The van der Waals surface area contributed by atoms with E-state index in [0.29, 0.717) is 19.0 Å². The normalized spacial score (nSPS) is 20.9. The first-order chi connectivity index (χ1) is 17.5. The van der Waals surface area contributed by atoms with Crippen molar-refractivity contribution in [3.63, 3.8) is 0 Å². The number of hydrogen-bond acceptors (Lipinski definition) is 5. The molecular formula is C30H38N4O3. The van der Waals surface area contributed by atoms with Crippen molar-refractivity contribution in [1.82, 2.24) is 19.7 Å². The van der Waals surface area contributed by atoms with Gasteiger partial charge in [-0.05, 0) is 70.4 Å². The summed E-state index contributed by atoms with van der Waals surface area (Å²) in [6.45, 7) is 14.5. The number of pyridine rings is 1. The highest BCUT2D eigenvalue weighted by atomic mass is 16.6. The van der Waals surface area contributed by atoms with E-state index in [1.165, 1.54) is 11.1 Å². The third-order valence-corrected chi connectivity index (χ3v) is 7.90. The fourth-order valence-electron chi connectivity index (χ4n) is 5.95. The van der Waals surface area contributed by atoms with Crippen LogP contribution in [0.2, 0.25) is 0 Å². The van der Waals surface area contributed by atoms with Gasteiger partial charge in [-0.15, -0.1) is 0 Å². The number of amides is 2. The standard InChI is InChI=1S/C30H38N4O3/c1-21-11-13-31-22(2)26(21)27(35)33-17-23-15-32(16-24(23)18-33)14-12-30(25-9-7-6-8-10-25)19-34(20-30)28(36)37-29(3,4)5/h6-11,13,17,24H,12,14-16,18-20H2,1-5H3. The van der Waals surface area contributed by atoms with Gasteiger partial charge in [-0.2, -0.15) is 0 Å². The fourth-order valence-corrected chi connectivity index (χ4v) is 5.95. The van der Waals surface area contributed by atoms with E-state index in [1.54, 1.807) is 6.20 Å². The van der Waals surface area contributed by atoms with Gasteiger partial charge in [0.1, 0.15) is 5.60 Å². The molecule has 5 rings (SSSR count). The van der Waals surface area contributed by atoms with E-state index in [2.05, 4.69) is 40.3 Å². The second kappa shape index (κ2) is 9.60. The summed E-state index contributed by atoms with van der Waals surface area (Å²) in [6, 6.07) is 12.5. The first-order valence-corrected chi connectivity index (χ1v) is 13.2. The van der Waals surface area contributed by atoms with Crippen molar-refractivity contribution < 1.29 is 14.3 Å². The van der Waals surface area contributed by atoms with Gasteiger partial charge < -0.3 is 14.5 Å². The molecule has 4 heterocycles. The molecule has 7 nitrogen and oxygen atoms in total. The Kier molecular flexibility index (Phi) is 6.61. The van der Waals surface area contributed by atoms with Crippen LogP contribution in [0.25, 0.3) is 0 Å². The molecule has 0 N–H and O–H groups in total. The van der Waals surface area contributed by atoms with Crippen molar-refractivity contribution in [2.75, 3.05) is 39.3 Å². The zero-order chi connectivity index (χ0) is 26.4. The summed E-state index contributed by atoms with van der Waals surface area (Å²) in [4.78, 5) is 36.4. The Morgan fingerprint density at radius 3 is 2.46 bits per heavy atom. The van der Waals surface area contributed by atoms with Gasteiger partial charge in [0.2, 0.25) is 0 Å². The number of aryl methyl sites for hydroxylation is 2. The molecule has 1 aromatic heterocycles. The predicted molar refractivity (Wildman–Crippen MR) is 143 cm³/mol. The van der Waals surface area contributed by atoms with Crippen LogP contribution in [0.3, 0.4) is 0 Å². The number of hydrogen-bond donors (Lipinski definition) is 0. The van der Waals surface area contributed by atoms with Crippen molar-refractivity contribution >= 4 is 12.0 Å². The smallest absolute Gasteiger partial charge is 0.410 e. The summed E-state index contributed by atoms with van der Waals surface area (Å²) in [7, 11) is 0. The maximum Gasteiger partial charge on any atom is 0.410 e. The molecule has 0 radical (unpaired) electrons. The molecule has 0 aliphatic carbocycles. The number of aromatic nitrogens is 1. The van der Waals surface area contributed by atoms with E-state index in [0.717, 1.165) is 49.4 Å². The van der Waals surface area contributed by atoms with Gasteiger partial charge in [0.15, 0.2) is 0 Å². The predicted octanol–water partition coefficient (Wildman–Crippen LogP) is 4.55. The van der Waals surface area contributed by atoms with Crippen molar-refractivity contribution in [1.29, 1.82) is 0 Å². The lowest BCUT2D eigenvalue weighted by Crippen LogP contribution is -2.62. The molecule has 1 atom stereocenters. The van der Waals surface area contributed by atoms with Crippen LogP contribution in [0.5, 0.6) is 0 Å². The van der Waals surface area contributed by atoms with Crippen LogP contribution in [0.15, 0.2) is 54.4 Å². The molecule has 2 saturated heterocycles. The summed E-state index contributed by atoms with van der Waals surface area (Å²) >= 11 is 0. The Hall–Kier alpha value is -3.19. The van der Waals surface area contributed by atoms with Gasteiger partial charge in [0, 0.05) is 56.5 Å². The average Bonchev–Trinajstić information content (AvgIpc) is 3.37. The minimum absolute atomic E-state index is 0.0521. The zero-order valence-corrected chi connectivity index (χ0v) is 22.7. The lowest BCUT2D eigenvalue weighted by atomic mass is 9.71. The minimum atomic E-state index is -0.493. The number of fused-ring (bicyclic) bond motifs is 1. The second-order valence-corrected chi connectivity index (χ2v) is 11.9. The number of benzene rings is 1. The third-order valence-electron chi connectivity index (χ3n) is 7.90. The van der Waals surface area contributed by atoms with E-state index in [-0.39, 0.29) is 17.4 Å². The van der Waals surface area contributed by atoms with E-state index in [9.17, 15) is 9.59 Å². The highest BCUT2D eigenvalue weighted by molar-refractivity contribution is 5.97. The Morgan fingerprint density at radius 2 is 1.81 bits per heavy atom. The van der Waals surface area contributed by atoms with Crippen molar-refractivity contribution in [2.24, 2.45) is 5.92 Å². The van der Waals surface area contributed by atoms with Gasteiger partial charge in [-0.1, -0.05) is 30.3 Å². The summed E-state index contributed by atoms with van der Waals surface area (Å²) in [5.41, 5.74) is 4.56. The summed E-state index contributed by atoms with van der Waals surface area (Å²) in [6.07, 6.45) is 4.57. The molecule has 7 heteroatoms. The highest BCUT2D eigenvalue weighted by Gasteiger charge is 2.48. The van der Waals surface area contributed by atoms with Crippen LogP contribution in [0, 0.1) is 19.8 Å². The monoisotopic (exact) mass is 502 g/mol. The maximum atomic E-state index is 13.2. The molecule has 2 aromatic rings. The molecule has 2 fully saturated rings. The Bertz CT molecular complexity index is 1190. The number of carbonyl (C=O) groups is 2. The molecule has 1 unspecified atom stereocenters. The van der Waals surface area contributed by atoms with Gasteiger partial charge >= 0.3 is 6.09 Å². The van der Waals surface area contributed by atoms with E-state index in [4.69, 9.17) is 4.74 Å². The first kappa shape index (κ1) is 25.5. The Balaban J connectivity index is 1.22. The van der Waals surface area contributed by atoms with Crippen LogP contribution >= 0.6 is 0 Å². The number of ether oxygens (including phenoxy) is 1. The number of nitrogens with zero attached hydrogens (tertiary/aromatic N) is 4. The van der Waals surface area contributed by atoms with Crippen LogP contribution < -0.4 is 0 Å². The number of rotatable bonds is 5. The number of carbonyl (C=O) groups excluding carboxylic acids is 2. The van der Waals surface area contributed by atoms with Gasteiger partial charge in [0.05, 0.1) is 11.3 Å². The highest BCUT2D eigenvalue weighted by Crippen LogP contribution is 2.40. The molecular weight excluding hydrogens is 464 g/mol. The van der Waals surface area contributed by atoms with Crippen molar-refractivity contribution in [2.45, 2.75) is 52.1 Å². The quantitative estimate of drug-likeness (QED) is 0.600. The van der Waals surface area contributed by atoms with Crippen LogP contribution in [-0.4, -0.2) is 76.6 Å². The molecule has 196 valence electrons. The van der Waals surface area contributed by atoms with Gasteiger partial charge in [-0.25, -0.2) is 4.79 Å². The average molecular weight is 503 g/mol. The fraction of sp³-hybridized carbons (Fsp3) is 0.500. The van der Waals surface area contributed by atoms with Crippen molar-refractivity contribution in [3.05, 3.63) is 76.8 Å².